The quantitative estimate of drug-likeness (QED) is 0.918. The zero-order valence-corrected chi connectivity index (χ0v) is 13.6. The van der Waals surface area contributed by atoms with Crippen LogP contribution in [0.2, 0.25) is 10.0 Å². The molecule has 19 heavy (non-hydrogen) atoms. The molecule has 5 heteroatoms. The van der Waals surface area contributed by atoms with Crippen LogP contribution in [0.25, 0.3) is 0 Å². The van der Waals surface area contributed by atoms with Gasteiger partial charge in [-0.2, -0.15) is 11.8 Å². The van der Waals surface area contributed by atoms with Crippen LogP contribution in [0, 0.1) is 0 Å². The monoisotopic (exact) mass is 318 g/mol. The van der Waals surface area contributed by atoms with Crippen molar-refractivity contribution in [2.75, 3.05) is 18.8 Å². The Bertz CT molecular complexity index is 421. The maximum Gasteiger partial charge on any atom is 0.0503 e. The Labute approximate surface area is 129 Å². The molecule has 0 bridgehead atoms. The Hall–Kier alpha value is 0.0700. The van der Waals surface area contributed by atoms with Gasteiger partial charge in [0.2, 0.25) is 0 Å². The third-order valence-corrected chi connectivity index (χ3v) is 5.89. The highest BCUT2D eigenvalue weighted by molar-refractivity contribution is 8.00. The molecule has 106 valence electrons. The fourth-order valence-corrected chi connectivity index (χ4v) is 4.42. The molecule has 1 aliphatic rings. The van der Waals surface area contributed by atoms with Crippen LogP contribution in [0.5, 0.6) is 0 Å². The first-order valence-corrected chi connectivity index (χ1v) is 8.38. The highest BCUT2D eigenvalue weighted by Gasteiger charge is 2.32. The standard InChI is InChI=1S/C14H20Cl2N2S/c1-9-10(2)19-7-6-18(9)13(8-17)14-11(15)4-3-5-12(14)16/h3-5,9-10,13H,6-8,17H2,1-2H3. The SMILES string of the molecule is CC1SCCN(C(CN)c2c(Cl)cccc2Cl)C1C. The average molecular weight is 319 g/mol. The van der Waals surface area contributed by atoms with E-state index in [-0.39, 0.29) is 6.04 Å². The molecule has 0 saturated carbocycles. The van der Waals surface area contributed by atoms with Gasteiger partial charge in [-0.3, -0.25) is 4.90 Å². The summed E-state index contributed by atoms with van der Waals surface area (Å²) in [6.45, 7) is 6.08. The van der Waals surface area contributed by atoms with Crippen molar-refractivity contribution in [1.82, 2.24) is 4.90 Å². The number of hydrogen-bond acceptors (Lipinski definition) is 3. The molecule has 0 aliphatic carbocycles. The molecule has 1 saturated heterocycles. The smallest absolute Gasteiger partial charge is 0.0503 e. The lowest BCUT2D eigenvalue weighted by atomic mass is 10.0. The van der Waals surface area contributed by atoms with E-state index in [1.54, 1.807) is 0 Å². The van der Waals surface area contributed by atoms with Crippen LogP contribution in [0.1, 0.15) is 25.5 Å². The Kier molecular flexibility index (Phi) is 5.44. The molecule has 0 spiro atoms. The molecule has 2 N–H and O–H groups in total. The maximum absolute atomic E-state index is 6.33. The van der Waals surface area contributed by atoms with E-state index in [0.29, 0.717) is 27.9 Å². The van der Waals surface area contributed by atoms with Crippen molar-refractivity contribution in [1.29, 1.82) is 0 Å². The van der Waals surface area contributed by atoms with E-state index in [9.17, 15) is 0 Å². The van der Waals surface area contributed by atoms with Gasteiger partial charge in [-0.15, -0.1) is 0 Å². The van der Waals surface area contributed by atoms with Crippen LogP contribution in [0.4, 0.5) is 0 Å². The summed E-state index contributed by atoms with van der Waals surface area (Å²) in [5.74, 6) is 1.13. The van der Waals surface area contributed by atoms with E-state index in [1.165, 1.54) is 0 Å². The zero-order chi connectivity index (χ0) is 14.0. The van der Waals surface area contributed by atoms with E-state index in [0.717, 1.165) is 17.9 Å². The van der Waals surface area contributed by atoms with Crippen molar-refractivity contribution < 1.29 is 0 Å². The van der Waals surface area contributed by atoms with Gasteiger partial charge in [-0.05, 0) is 19.1 Å². The minimum absolute atomic E-state index is 0.0968. The lowest BCUT2D eigenvalue weighted by Gasteiger charge is -2.42. The second-order valence-corrected chi connectivity index (χ2v) is 7.24. The maximum atomic E-state index is 6.33. The summed E-state index contributed by atoms with van der Waals surface area (Å²) in [4.78, 5) is 2.44. The molecule has 2 nitrogen and oxygen atoms in total. The van der Waals surface area contributed by atoms with E-state index >= 15 is 0 Å². The summed E-state index contributed by atoms with van der Waals surface area (Å²) in [7, 11) is 0. The number of benzene rings is 1. The summed E-state index contributed by atoms with van der Waals surface area (Å²) in [6, 6.07) is 6.22. The van der Waals surface area contributed by atoms with Crippen LogP contribution >= 0.6 is 35.0 Å². The molecule has 2 rings (SSSR count). The number of rotatable bonds is 3. The second-order valence-electron chi connectivity index (χ2n) is 4.94. The Balaban J connectivity index is 2.34. The normalized spacial score (nSPS) is 26.4. The summed E-state index contributed by atoms with van der Waals surface area (Å²) in [5.41, 5.74) is 6.99. The first kappa shape index (κ1) is 15.5. The van der Waals surface area contributed by atoms with Crippen molar-refractivity contribution in [2.24, 2.45) is 5.73 Å². The van der Waals surface area contributed by atoms with Gasteiger partial charge in [0.15, 0.2) is 0 Å². The van der Waals surface area contributed by atoms with Crippen molar-refractivity contribution in [3.05, 3.63) is 33.8 Å². The average Bonchev–Trinajstić information content (AvgIpc) is 2.38. The van der Waals surface area contributed by atoms with Gasteiger partial charge in [0, 0.05) is 45.7 Å². The third kappa shape index (κ3) is 3.22. The molecular weight excluding hydrogens is 299 g/mol. The first-order chi connectivity index (χ1) is 9.06. The summed E-state index contributed by atoms with van der Waals surface area (Å²) in [6.07, 6.45) is 0. The van der Waals surface area contributed by atoms with E-state index in [2.05, 4.69) is 18.7 Å². The predicted molar refractivity (Wildman–Crippen MR) is 86.3 cm³/mol. The number of thioether (sulfide) groups is 1. The number of nitrogens with zero attached hydrogens (tertiary/aromatic N) is 1. The Morgan fingerprint density at radius 2 is 2.00 bits per heavy atom. The summed E-state index contributed by atoms with van der Waals surface area (Å²) in [5, 5.41) is 2.02. The van der Waals surface area contributed by atoms with E-state index in [1.807, 2.05) is 30.0 Å². The van der Waals surface area contributed by atoms with Crippen LogP contribution in [-0.4, -0.2) is 35.0 Å². The highest BCUT2D eigenvalue weighted by Crippen LogP contribution is 2.37. The van der Waals surface area contributed by atoms with Crippen LogP contribution < -0.4 is 5.73 Å². The van der Waals surface area contributed by atoms with Crippen LogP contribution in [0.15, 0.2) is 18.2 Å². The fourth-order valence-electron chi connectivity index (χ4n) is 2.64. The number of halogens is 2. The number of hydrogen-bond donors (Lipinski definition) is 1. The summed E-state index contributed by atoms with van der Waals surface area (Å²) >= 11 is 14.7. The fraction of sp³-hybridized carbons (Fsp3) is 0.571. The molecule has 1 aromatic carbocycles. The highest BCUT2D eigenvalue weighted by atomic mass is 35.5. The van der Waals surface area contributed by atoms with Crippen LogP contribution in [-0.2, 0) is 0 Å². The van der Waals surface area contributed by atoms with E-state index in [4.69, 9.17) is 28.9 Å². The van der Waals surface area contributed by atoms with Crippen molar-refractivity contribution in [3.63, 3.8) is 0 Å². The third-order valence-electron chi connectivity index (χ3n) is 3.89. The second kappa shape index (κ2) is 6.68. The lowest BCUT2D eigenvalue weighted by molar-refractivity contribution is 0.151. The Morgan fingerprint density at radius 1 is 1.37 bits per heavy atom. The molecule has 1 aromatic rings. The minimum atomic E-state index is 0.0968. The van der Waals surface area contributed by atoms with E-state index < -0.39 is 0 Å². The topological polar surface area (TPSA) is 29.3 Å². The van der Waals surface area contributed by atoms with Gasteiger partial charge in [0.25, 0.3) is 0 Å². The molecule has 1 aliphatic heterocycles. The van der Waals surface area contributed by atoms with Gasteiger partial charge in [-0.25, -0.2) is 0 Å². The molecule has 0 radical (unpaired) electrons. The van der Waals surface area contributed by atoms with Gasteiger partial charge >= 0.3 is 0 Å². The van der Waals surface area contributed by atoms with Crippen molar-refractivity contribution >= 4 is 35.0 Å². The predicted octanol–water partition coefficient (Wildman–Crippen LogP) is 3.82. The summed E-state index contributed by atoms with van der Waals surface area (Å²) < 4.78 is 0. The largest absolute Gasteiger partial charge is 0.329 e. The van der Waals surface area contributed by atoms with Crippen LogP contribution in [0.3, 0.4) is 0 Å². The first-order valence-electron chi connectivity index (χ1n) is 6.57. The zero-order valence-electron chi connectivity index (χ0n) is 11.3. The molecular formula is C14H20Cl2N2S. The molecule has 1 heterocycles. The number of nitrogens with two attached hydrogens (primary N) is 1. The molecule has 1 fully saturated rings. The molecule has 3 atom stereocenters. The van der Waals surface area contributed by atoms with Gasteiger partial charge in [-0.1, -0.05) is 36.2 Å². The molecule has 0 aromatic heterocycles. The molecule has 3 unspecified atom stereocenters. The van der Waals surface area contributed by atoms with Gasteiger partial charge < -0.3 is 5.73 Å². The van der Waals surface area contributed by atoms with Gasteiger partial charge in [0.05, 0.1) is 6.04 Å². The minimum Gasteiger partial charge on any atom is -0.329 e. The lowest BCUT2D eigenvalue weighted by Crippen LogP contribution is -2.48. The van der Waals surface area contributed by atoms with Gasteiger partial charge in [0.1, 0.15) is 0 Å². The Morgan fingerprint density at radius 3 is 2.58 bits per heavy atom. The van der Waals surface area contributed by atoms with Crippen molar-refractivity contribution in [2.45, 2.75) is 31.2 Å². The molecule has 0 amide bonds. The van der Waals surface area contributed by atoms with Crippen molar-refractivity contribution in [3.8, 4) is 0 Å².